The molecule has 0 aliphatic carbocycles. The van der Waals surface area contributed by atoms with Crippen molar-refractivity contribution < 1.29 is 18.9 Å². The molecular weight excluding hydrogens is 432 g/mol. The highest BCUT2D eigenvalue weighted by Crippen LogP contribution is 2.41. The fraction of sp³-hybridized carbons (Fsp3) is 0.158. The molecule has 0 saturated carbocycles. The van der Waals surface area contributed by atoms with Crippen molar-refractivity contribution in [1.29, 1.82) is 0 Å². The van der Waals surface area contributed by atoms with Crippen LogP contribution in [0.3, 0.4) is 0 Å². The molecule has 4 rings (SSSR count). The van der Waals surface area contributed by atoms with Gasteiger partial charge in [0.15, 0.2) is 11.6 Å². The molecule has 1 fully saturated rings. The number of carbonyl (C=O) groups is 3. The van der Waals surface area contributed by atoms with E-state index >= 15 is 0 Å². The zero-order chi connectivity index (χ0) is 19.1. The number of ketones is 2. The van der Waals surface area contributed by atoms with Gasteiger partial charge in [-0.3, -0.25) is 19.3 Å². The predicted octanol–water partition coefficient (Wildman–Crippen LogP) is 3.96. The highest BCUT2D eigenvalue weighted by molar-refractivity contribution is 9.10. The van der Waals surface area contributed by atoms with Crippen LogP contribution >= 0.6 is 27.3 Å². The SMILES string of the molecule is Cc1cc(N2C(=O)C(=O)C(C(=O)c3cccs3)C2c2ccc(Br)cc2)no1. The van der Waals surface area contributed by atoms with Gasteiger partial charge in [0.05, 0.1) is 10.9 Å². The minimum atomic E-state index is -1.13. The van der Waals surface area contributed by atoms with Crippen molar-refractivity contribution in [3.8, 4) is 0 Å². The number of halogens is 1. The third-order valence-electron chi connectivity index (χ3n) is 4.43. The summed E-state index contributed by atoms with van der Waals surface area (Å²) in [6, 6.07) is 11.4. The number of nitrogens with zero attached hydrogens (tertiary/aromatic N) is 2. The summed E-state index contributed by atoms with van der Waals surface area (Å²) < 4.78 is 5.94. The first kappa shape index (κ1) is 17.8. The van der Waals surface area contributed by atoms with E-state index in [-0.39, 0.29) is 11.6 Å². The molecule has 3 heterocycles. The Hall–Kier alpha value is -2.58. The summed E-state index contributed by atoms with van der Waals surface area (Å²) >= 11 is 4.63. The number of aromatic nitrogens is 1. The van der Waals surface area contributed by atoms with Crippen LogP contribution in [0.5, 0.6) is 0 Å². The highest BCUT2D eigenvalue weighted by Gasteiger charge is 2.53. The van der Waals surface area contributed by atoms with Gasteiger partial charge in [0.2, 0.25) is 5.78 Å². The minimum absolute atomic E-state index is 0.222. The van der Waals surface area contributed by atoms with Gasteiger partial charge in [0.1, 0.15) is 11.7 Å². The quantitative estimate of drug-likeness (QED) is 0.345. The number of aryl methyl sites for hydroxylation is 1. The lowest BCUT2D eigenvalue weighted by molar-refractivity contribution is -0.135. The van der Waals surface area contributed by atoms with Crippen molar-refractivity contribution in [2.45, 2.75) is 13.0 Å². The van der Waals surface area contributed by atoms with Gasteiger partial charge in [0.25, 0.3) is 5.91 Å². The summed E-state index contributed by atoms with van der Waals surface area (Å²) in [5.41, 5.74) is 0.674. The van der Waals surface area contributed by atoms with Gasteiger partial charge in [-0.2, -0.15) is 0 Å². The maximum atomic E-state index is 13.1. The second-order valence-electron chi connectivity index (χ2n) is 6.15. The zero-order valence-corrected chi connectivity index (χ0v) is 16.5. The van der Waals surface area contributed by atoms with Crippen LogP contribution in [0.15, 0.2) is 56.8 Å². The molecule has 6 nitrogen and oxygen atoms in total. The first-order valence-electron chi connectivity index (χ1n) is 8.11. The molecular formula is C19H13BrN2O4S. The van der Waals surface area contributed by atoms with E-state index in [2.05, 4.69) is 21.1 Å². The van der Waals surface area contributed by atoms with Gasteiger partial charge in [-0.15, -0.1) is 11.3 Å². The predicted molar refractivity (Wildman–Crippen MR) is 103 cm³/mol. The van der Waals surface area contributed by atoms with Crippen LogP contribution in [0.1, 0.15) is 27.0 Å². The number of thiophene rings is 1. The number of benzene rings is 1. The van der Waals surface area contributed by atoms with E-state index in [0.29, 0.717) is 16.2 Å². The van der Waals surface area contributed by atoms with Crippen LogP contribution in [0.4, 0.5) is 5.82 Å². The molecule has 0 N–H and O–H groups in total. The molecule has 2 unspecified atom stereocenters. The summed E-state index contributed by atoms with van der Waals surface area (Å²) in [4.78, 5) is 40.4. The van der Waals surface area contributed by atoms with Crippen LogP contribution in [-0.2, 0) is 9.59 Å². The monoisotopic (exact) mass is 444 g/mol. The van der Waals surface area contributed by atoms with E-state index in [1.807, 2.05) is 12.1 Å². The van der Waals surface area contributed by atoms with Gasteiger partial charge in [-0.25, -0.2) is 0 Å². The third kappa shape index (κ3) is 3.04. The molecule has 8 heteroatoms. The van der Waals surface area contributed by atoms with Crippen molar-refractivity contribution in [1.82, 2.24) is 5.16 Å². The largest absolute Gasteiger partial charge is 0.360 e. The van der Waals surface area contributed by atoms with Crippen molar-refractivity contribution >= 4 is 50.6 Å². The fourth-order valence-corrected chi connectivity index (χ4v) is 4.19. The second kappa shape index (κ2) is 6.86. The van der Waals surface area contributed by atoms with E-state index in [4.69, 9.17) is 4.52 Å². The average molecular weight is 445 g/mol. The summed E-state index contributed by atoms with van der Waals surface area (Å²) in [6.45, 7) is 1.70. The Bertz CT molecular complexity index is 1030. The molecule has 1 saturated heterocycles. The smallest absolute Gasteiger partial charge is 0.297 e. The summed E-state index contributed by atoms with van der Waals surface area (Å²) in [7, 11) is 0. The van der Waals surface area contributed by atoms with Crippen molar-refractivity contribution in [3.05, 3.63) is 68.5 Å². The van der Waals surface area contributed by atoms with Gasteiger partial charge in [-0.05, 0) is 36.1 Å². The second-order valence-corrected chi connectivity index (χ2v) is 8.01. The standard InChI is InChI=1S/C19H13BrN2O4S/c1-10-9-14(21-26-10)22-16(11-4-6-12(20)7-5-11)15(18(24)19(22)25)17(23)13-3-2-8-27-13/h2-9,15-16H,1H3. The maximum Gasteiger partial charge on any atom is 0.297 e. The Kier molecular flexibility index (Phi) is 4.53. The lowest BCUT2D eigenvalue weighted by Crippen LogP contribution is -2.30. The van der Waals surface area contributed by atoms with Crippen molar-refractivity contribution in [2.24, 2.45) is 5.92 Å². The molecule has 1 aliphatic rings. The Morgan fingerprint density at radius 1 is 1.22 bits per heavy atom. The van der Waals surface area contributed by atoms with Crippen LogP contribution in [0.2, 0.25) is 0 Å². The molecule has 0 bridgehead atoms. The molecule has 0 radical (unpaired) electrons. The van der Waals surface area contributed by atoms with E-state index in [1.54, 1.807) is 42.6 Å². The van der Waals surface area contributed by atoms with Gasteiger partial charge in [-0.1, -0.05) is 39.3 Å². The molecule has 2 atom stereocenters. The number of carbonyl (C=O) groups excluding carboxylic acids is 3. The molecule has 27 heavy (non-hydrogen) atoms. The molecule has 1 aliphatic heterocycles. The zero-order valence-electron chi connectivity index (χ0n) is 14.1. The first-order valence-corrected chi connectivity index (χ1v) is 9.78. The molecule has 0 spiro atoms. The van der Waals surface area contributed by atoms with Crippen LogP contribution in [0.25, 0.3) is 0 Å². The van der Waals surface area contributed by atoms with E-state index in [1.165, 1.54) is 16.2 Å². The Balaban J connectivity index is 1.86. The van der Waals surface area contributed by atoms with Crippen molar-refractivity contribution in [2.75, 3.05) is 4.90 Å². The van der Waals surface area contributed by atoms with Crippen LogP contribution in [-0.4, -0.2) is 22.6 Å². The first-order chi connectivity index (χ1) is 13.0. The molecule has 136 valence electrons. The van der Waals surface area contributed by atoms with E-state index in [0.717, 1.165) is 4.47 Å². The number of anilines is 1. The molecule has 3 aromatic rings. The van der Waals surface area contributed by atoms with E-state index < -0.39 is 23.7 Å². The number of amides is 1. The summed E-state index contributed by atoms with van der Waals surface area (Å²) in [6.07, 6.45) is 0. The molecule has 1 aromatic carbocycles. The normalized spacial score (nSPS) is 19.7. The highest BCUT2D eigenvalue weighted by atomic mass is 79.9. The maximum absolute atomic E-state index is 13.1. The topological polar surface area (TPSA) is 80.5 Å². The van der Waals surface area contributed by atoms with Gasteiger partial charge in [0, 0.05) is 10.5 Å². The average Bonchev–Trinajstić information content (AvgIpc) is 3.37. The third-order valence-corrected chi connectivity index (χ3v) is 5.84. The molecule has 2 aromatic heterocycles. The molecule has 1 amide bonds. The van der Waals surface area contributed by atoms with Crippen molar-refractivity contribution in [3.63, 3.8) is 0 Å². The van der Waals surface area contributed by atoms with Crippen LogP contribution < -0.4 is 4.90 Å². The Morgan fingerprint density at radius 3 is 2.56 bits per heavy atom. The summed E-state index contributed by atoms with van der Waals surface area (Å²) in [5.74, 6) is -2.26. The van der Waals surface area contributed by atoms with Crippen LogP contribution in [0, 0.1) is 12.8 Å². The lowest BCUT2D eigenvalue weighted by Gasteiger charge is -2.24. The van der Waals surface area contributed by atoms with Gasteiger partial charge < -0.3 is 4.52 Å². The minimum Gasteiger partial charge on any atom is -0.360 e. The fourth-order valence-electron chi connectivity index (χ4n) is 3.22. The Labute approximate surface area is 166 Å². The van der Waals surface area contributed by atoms with Gasteiger partial charge >= 0.3 is 0 Å². The number of hydrogen-bond donors (Lipinski definition) is 0. The number of hydrogen-bond acceptors (Lipinski definition) is 6. The lowest BCUT2D eigenvalue weighted by atomic mass is 9.88. The number of rotatable bonds is 4. The summed E-state index contributed by atoms with van der Waals surface area (Å²) in [5, 5.41) is 5.66. The number of Topliss-reactive ketones (excluding diaryl/α,β-unsaturated/α-hetero) is 2. The Morgan fingerprint density at radius 2 is 1.96 bits per heavy atom. The van der Waals surface area contributed by atoms with E-state index in [9.17, 15) is 14.4 Å².